The number of carbonyl (C=O) groups excluding carboxylic acids is 3. The molecule has 1 aromatic heterocycles. The number of carbonyl (C=O) groups is 3. The molecule has 9 heteroatoms. The Kier molecular flexibility index (Phi) is 5.26. The van der Waals surface area contributed by atoms with Gasteiger partial charge < -0.3 is 4.90 Å². The number of amides is 4. The molecule has 4 amide bonds. The van der Waals surface area contributed by atoms with Crippen LogP contribution >= 0.6 is 0 Å². The van der Waals surface area contributed by atoms with Crippen LogP contribution < -0.4 is 10.2 Å². The number of anilines is 1. The normalized spacial score (nSPS) is 19.4. The van der Waals surface area contributed by atoms with Crippen molar-refractivity contribution >= 4 is 23.5 Å². The fourth-order valence-corrected chi connectivity index (χ4v) is 4.59. The third-order valence-electron chi connectivity index (χ3n) is 6.30. The predicted molar refractivity (Wildman–Crippen MR) is 118 cm³/mol. The van der Waals surface area contributed by atoms with Crippen molar-refractivity contribution in [3.05, 3.63) is 58.9 Å². The largest absolute Gasteiger partial charge is 0.369 e. The highest BCUT2D eigenvalue weighted by molar-refractivity contribution is 6.01. The van der Waals surface area contributed by atoms with Crippen LogP contribution in [-0.2, 0) is 17.9 Å². The molecule has 0 unspecified atom stereocenters. The van der Waals surface area contributed by atoms with Gasteiger partial charge in [-0.05, 0) is 36.2 Å². The molecule has 1 aromatic carbocycles. The lowest BCUT2D eigenvalue weighted by atomic mass is 10.1. The lowest BCUT2D eigenvalue weighted by Crippen LogP contribution is -2.56. The van der Waals surface area contributed by atoms with Crippen LogP contribution in [0.5, 0.6) is 0 Å². The Morgan fingerprint density at radius 3 is 2.53 bits per heavy atom. The van der Waals surface area contributed by atoms with Gasteiger partial charge in [-0.3, -0.25) is 24.8 Å². The minimum Gasteiger partial charge on any atom is -0.369 e. The average molecular weight is 435 g/mol. The van der Waals surface area contributed by atoms with E-state index in [9.17, 15) is 14.4 Å². The third kappa shape index (κ3) is 3.91. The molecule has 0 bridgehead atoms. The summed E-state index contributed by atoms with van der Waals surface area (Å²) in [4.78, 5) is 45.5. The minimum absolute atomic E-state index is 0.197. The molecule has 0 spiro atoms. The number of urea groups is 1. The Balaban J connectivity index is 1.21. The summed E-state index contributed by atoms with van der Waals surface area (Å²) in [6, 6.07) is 9.57. The summed E-state index contributed by atoms with van der Waals surface area (Å²) in [6.07, 6.45) is 2.06. The number of hydrogen-bond acceptors (Lipinski definition) is 6. The van der Waals surface area contributed by atoms with Gasteiger partial charge in [0.25, 0.3) is 5.91 Å². The molecular formula is C23H26N6O3. The van der Waals surface area contributed by atoms with Crippen molar-refractivity contribution in [2.24, 2.45) is 0 Å². The molecule has 3 aliphatic rings. The first-order valence-electron chi connectivity index (χ1n) is 10.9. The number of nitrogens with zero attached hydrogens (tertiary/aromatic N) is 5. The molecule has 0 saturated carbocycles. The van der Waals surface area contributed by atoms with Crippen molar-refractivity contribution in [1.29, 1.82) is 0 Å². The van der Waals surface area contributed by atoms with Gasteiger partial charge in [0.1, 0.15) is 0 Å². The molecule has 5 rings (SSSR count). The third-order valence-corrected chi connectivity index (χ3v) is 6.30. The number of pyridine rings is 1. The molecule has 2 saturated heterocycles. The number of piperazine rings is 1. The van der Waals surface area contributed by atoms with Crippen LogP contribution in [0, 0.1) is 6.92 Å². The quantitative estimate of drug-likeness (QED) is 0.785. The number of aromatic nitrogens is 1. The van der Waals surface area contributed by atoms with Crippen LogP contribution in [0.25, 0.3) is 0 Å². The van der Waals surface area contributed by atoms with Gasteiger partial charge in [-0.25, -0.2) is 14.8 Å². The second-order valence-electron chi connectivity index (χ2n) is 8.50. The van der Waals surface area contributed by atoms with E-state index in [4.69, 9.17) is 0 Å². The maximum Gasteiger partial charge on any atom is 0.342 e. The lowest BCUT2D eigenvalue weighted by Gasteiger charge is -2.36. The van der Waals surface area contributed by atoms with Gasteiger partial charge in [-0.1, -0.05) is 12.1 Å². The van der Waals surface area contributed by atoms with Crippen molar-refractivity contribution in [2.75, 3.05) is 37.6 Å². The van der Waals surface area contributed by atoms with E-state index in [1.165, 1.54) is 15.7 Å². The van der Waals surface area contributed by atoms with E-state index in [2.05, 4.69) is 38.3 Å². The molecule has 166 valence electrons. The van der Waals surface area contributed by atoms with E-state index >= 15 is 0 Å². The summed E-state index contributed by atoms with van der Waals surface area (Å²) in [7, 11) is 0. The first-order chi connectivity index (χ1) is 15.5. The average Bonchev–Trinajstić information content (AvgIpc) is 3.10. The standard InChI is InChI=1S/C23H26N6O3/c1-16-12-19(4-6-24-16)27-10-8-26(9-11-27)14-17-2-3-20-18(13-17)15-29(22(20)31)28-7-5-21(30)25-23(28)32/h2-4,6,12-13H,5,7-11,14-15H2,1H3,(H,25,30,32). The highest BCUT2D eigenvalue weighted by atomic mass is 16.2. The fourth-order valence-electron chi connectivity index (χ4n) is 4.59. The molecule has 1 N–H and O–H groups in total. The maximum atomic E-state index is 12.8. The van der Waals surface area contributed by atoms with Crippen molar-refractivity contribution in [2.45, 2.75) is 26.4 Å². The SMILES string of the molecule is Cc1cc(N2CCN(Cc3ccc4c(c3)CN(N3CCC(=O)NC3=O)C4=O)CC2)ccn1. The monoisotopic (exact) mass is 434 g/mol. The summed E-state index contributed by atoms with van der Waals surface area (Å²) in [5.41, 5.74) is 4.95. The Morgan fingerprint density at radius 2 is 1.78 bits per heavy atom. The molecule has 2 fully saturated rings. The van der Waals surface area contributed by atoms with Crippen molar-refractivity contribution < 1.29 is 14.4 Å². The van der Waals surface area contributed by atoms with Gasteiger partial charge in [0, 0.05) is 62.3 Å². The van der Waals surface area contributed by atoms with E-state index < -0.39 is 6.03 Å². The number of hydrazine groups is 1. The predicted octanol–water partition coefficient (Wildman–Crippen LogP) is 1.52. The zero-order valence-electron chi connectivity index (χ0n) is 18.1. The Morgan fingerprint density at radius 1 is 0.969 bits per heavy atom. The van der Waals surface area contributed by atoms with Gasteiger partial charge in [-0.2, -0.15) is 0 Å². The number of rotatable bonds is 4. The summed E-state index contributed by atoms with van der Waals surface area (Å²) in [5.74, 6) is -0.505. The number of imide groups is 1. The highest BCUT2D eigenvalue weighted by Crippen LogP contribution is 2.27. The number of benzene rings is 1. The van der Waals surface area contributed by atoms with Crippen molar-refractivity contribution in [1.82, 2.24) is 25.2 Å². The molecule has 32 heavy (non-hydrogen) atoms. The molecule has 0 aliphatic carbocycles. The minimum atomic E-state index is -0.537. The zero-order chi connectivity index (χ0) is 22.2. The highest BCUT2D eigenvalue weighted by Gasteiger charge is 2.36. The summed E-state index contributed by atoms with van der Waals surface area (Å²) in [6.45, 7) is 7.25. The molecule has 3 aliphatic heterocycles. The summed E-state index contributed by atoms with van der Waals surface area (Å²) < 4.78 is 0. The molecule has 9 nitrogen and oxygen atoms in total. The zero-order valence-corrected chi connectivity index (χ0v) is 18.1. The van der Waals surface area contributed by atoms with Crippen LogP contribution in [-0.4, -0.2) is 70.5 Å². The van der Waals surface area contributed by atoms with E-state index in [0.29, 0.717) is 12.1 Å². The van der Waals surface area contributed by atoms with E-state index in [1.54, 1.807) is 0 Å². The van der Waals surface area contributed by atoms with Crippen LogP contribution in [0.2, 0.25) is 0 Å². The van der Waals surface area contributed by atoms with E-state index in [-0.39, 0.29) is 24.8 Å². The second-order valence-corrected chi connectivity index (χ2v) is 8.50. The molecule has 4 heterocycles. The van der Waals surface area contributed by atoms with Gasteiger partial charge in [-0.15, -0.1) is 0 Å². The topological polar surface area (TPSA) is 89.1 Å². The molecular weight excluding hydrogens is 408 g/mol. The Labute approximate surface area is 186 Å². The van der Waals surface area contributed by atoms with Crippen LogP contribution in [0.4, 0.5) is 10.5 Å². The van der Waals surface area contributed by atoms with Crippen LogP contribution in [0.15, 0.2) is 36.5 Å². The van der Waals surface area contributed by atoms with Crippen LogP contribution in [0.3, 0.4) is 0 Å². The number of hydrogen-bond donors (Lipinski definition) is 1. The Bertz CT molecular complexity index is 1080. The smallest absolute Gasteiger partial charge is 0.342 e. The number of aryl methyl sites for hydroxylation is 1. The summed E-state index contributed by atoms with van der Waals surface area (Å²) in [5, 5.41) is 5.05. The molecule has 0 radical (unpaired) electrons. The van der Waals surface area contributed by atoms with Gasteiger partial charge in [0.05, 0.1) is 13.1 Å². The first kappa shape index (κ1) is 20.4. The number of fused-ring (bicyclic) bond motifs is 1. The maximum absolute atomic E-state index is 12.8. The lowest BCUT2D eigenvalue weighted by molar-refractivity contribution is -0.123. The molecule has 0 atom stereocenters. The fraction of sp³-hybridized carbons (Fsp3) is 0.391. The van der Waals surface area contributed by atoms with Gasteiger partial charge in [0.2, 0.25) is 5.91 Å². The first-order valence-corrected chi connectivity index (χ1v) is 10.9. The Hall–Kier alpha value is -3.46. The van der Waals surface area contributed by atoms with E-state index in [0.717, 1.165) is 49.5 Å². The van der Waals surface area contributed by atoms with Crippen molar-refractivity contribution in [3.63, 3.8) is 0 Å². The van der Waals surface area contributed by atoms with Gasteiger partial charge >= 0.3 is 6.03 Å². The summed E-state index contributed by atoms with van der Waals surface area (Å²) >= 11 is 0. The number of nitrogens with one attached hydrogen (secondary N) is 1. The molecule has 2 aromatic rings. The van der Waals surface area contributed by atoms with Crippen LogP contribution in [0.1, 0.15) is 33.6 Å². The van der Waals surface area contributed by atoms with Crippen molar-refractivity contribution in [3.8, 4) is 0 Å². The van der Waals surface area contributed by atoms with E-state index in [1.807, 2.05) is 25.3 Å². The van der Waals surface area contributed by atoms with Gasteiger partial charge in [0.15, 0.2) is 0 Å². The second kappa shape index (κ2) is 8.23.